The molecule has 1 aromatic carbocycles. The molecule has 0 unspecified atom stereocenters. The van der Waals surface area contributed by atoms with Gasteiger partial charge in [-0.2, -0.15) is 4.31 Å². The first-order valence-electron chi connectivity index (χ1n) is 8.43. The third-order valence-electron chi connectivity index (χ3n) is 5.57. The number of carbonyl (C=O) groups excluding carboxylic acids is 1. The molecule has 0 bridgehead atoms. The maximum Gasteiger partial charge on any atom is 0.244 e. The number of halogens is 2. The summed E-state index contributed by atoms with van der Waals surface area (Å²) in [5, 5.41) is -0.0954. The van der Waals surface area contributed by atoms with E-state index < -0.39 is 15.8 Å². The summed E-state index contributed by atoms with van der Waals surface area (Å²) in [6.45, 7) is 1.51. The van der Waals surface area contributed by atoms with Crippen LogP contribution in [0.4, 0.5) is 4.39 Å². The number of sulfonamides is 1. The van der Waals surface area contributed by atoms with Crippen LogP contribution in [0.3, 0.4) is 0 Å². The van der Waals surface area contributed by atoms with Crippen molar-refractivity contribution in [2.24, 2.45) is 5.41 Å². The number of amides is 1. The number of hydrogen-bond acceptors (Lipinski definition) is 3. The van der Waals surface area contributed by atoms with E-state index in [1.54, 1.807) is 4.90 Å². The van der Waals surface area contributed by atoms with Gasteiger partial charge in [-0.3, -0.25) is 4.79 Å². The van der Waals surface area contributed by atoms with E-state index >= 15 is 0 Å². The Kier molecular flexibility index (Phi) is 5.10. The average Bonchev–Trinajstić information content (AvgIpc) is 2.69. The van der Waals surface area contributed by atoms with E-state index in [1.165, 1.54) is 10.4 Å². The minimum atomic E-state index is -3.74. The number of hydrogen-bond donors (Lipinski definition) is 0. The zero-order chi connectivity index (χ0) is 18.2. The van der Waals surface area contributed by atoms with Crippen LogP contribution in [0.25, 0.3) is 0 Å². The van der Waals surface area contributed by atoms with Gasteiger partial charge in [-0.25, -0.2) is 12.8 Å². The largest absolute Gasteiger partial charge is 0.346 e. The Morgan fingerprint density at radius 3 is 2.40 bits per heavy atom. The number of rotatable bonds is 2. The molecular formula is C17H22ClFN2O3S. The molecule has 2 aliphatic rings. The number of benzene rings is 1. The van der Waals surface area contributed by atoms with Crippen LogP contribution < -0.4 is 0 Å². The molecule has 138 valence electrons. The van der Waals surface area contributed by atoms with Crippen LogP contribution in [0, 0.1) is 11.2 Å². The molecule has 0 saturated carbocycles. The quantitative estimate of drug-likeness (QED) is 0.782. The molecule has 1 amide bonds. The predicted molar refractivity (Wildman–Crippen MR) is 93.3 cm³/mol. The van der Waals surface area contributed by atoms with Crippen molar-refractivity contribution in [2.75, 3.05) is 26.7 Å². The third-order valence-corrected chi connectivity index (χ3v) is 7.95. The Morgan fingerprint density at radius 2 is 1.76 bits per heavy atom. The smallest absolute Gasteiger partial charge is 0.244 e. The highest BCUT2D eigenvalue weighted by Crippen LogP contribution is 2.42. The monoisotopic (exact) mass is 388 g/mol. The molecule has 0 aromatic heterocycles. The first-order valence-corrected chi connectivity index (χ1v) is 10.2. The molecule has 0 N–H and O–H groups in total. The number of carbonyl (C=O) groups is 1. The van der Waals surface area contributed by atoms with E-state index in [4.69, 9.17) is 11.6 Å². The van der Waals surface area contributed by atoms with E-state index in [1.807, 2.05) is 7.05 Å². The summed E-state index contributed by atoms with van der Waals surface area (Å²) in [6, 6.07) is 3.35. The number of piperidine rings is 1. The second kappa shape index (κ2) is 6.85. The summed E-state index contributed by atoms with van der Waals surface area (Å²) in [5.41, 5.74) is 0.0268. The molecule has 3 rings (SSSR count). The highest BCUT2D eigenvalue weighted by molar-refractivity contribution is 7.89. The van der Waals surface area contributed by atoms with Crippen LogP contribution in [0.15, 0.2) is 23.1 Å². The highest BCUT2D eigenvalue weighted by Gasteiger charge is 2.40. The zero-order valence-electron chi connectivity index (χ0n) is 14.2. The lowest BCUT2D eigenvalue weighted by molar-refractivity contribution is -0.129. The van der Waals surface area contributed by atoms with Crippen LogP contribution >= 0.6 is 11.6 Å². The summed E-state index contributed by atoms with van der Waals surface area (Å²) >= 11 is 5.94. The fourth-order valence-corrected chi connectivity index (χ4v) is 5.69. The molecule has 25 heavy (non-hydrogen) atoms. The molecule has 2 aliphatic heterocycles. The van der Waals surface area contributed by atoms with Gasteiger partial charge < -0.3 is 4.90 Å². The van der Waals surface area contributed by atoms with E-state index in [0.717, 1.165) is 44.4 Å². The third kappa shape index (κ3) is 3.68. The van der Waals surface area contributed by atoms with Gasteiger partial charge in [0, 0.05) is 33.1 Å². The van der Waals surface area contributed by atoms with Crippen LogP contribution in [0.1, 0.15) is 32.1 Å². The summed E-state index contributed by atoms with van der Waals surface area (Å²) in [6.07, 6.45) is 3.69. The summed E-state index contributed by atoms with van der Waals surface area (Å²) in [4.78, 5) is 13.6. The lowest BCUT2D eigenvalue weighted by Crippen LogP contribution is -2.43. The molecule has 5 nitrogen and oxygen atoms in total. The van der Waals surface area contributed by atoms with Crippen LogP contribution in [0.2, 0.25) is 5.02 Å². The van der Waals surface area contributed by atoms with E-state index in [9.17, 15) is 17.6 Å². The van der Waals surface area contributed by atoms with Crippen LogP contribution in [-0.2, 0) is 14.8 Å². The second-order valence-corrected chi connectivity index (χ2v) is 9.36. The van der Waals surface area contributed by atoms with Crippen molar-refractivity contribution in [3.63, 3.8) is 0 Å². The van der Waals surface area contributed by atoms with Gasteiger partial charge in [0.2, 0.25) is 15.9 Å². The lowest BCUT2D eigenvalue weighted by atomic mass is 9.73. The first kappa shape index (κ1) is 18.6. The van der Waals surface area contributed by atoms with Gasteiger partial charge in [0.15, 0.2) is 0 Å². The predicted octanol–water partition coefficient (Wildman–Crippen LogP) is 2.89. The molecule has 2 heterocycles. The molecular weight excluding hydrogens is 367 g/mol. The Bertz CT molecular complexity index is 776. The number of nitrogens with zero attached hydrogens (tertiary/aromatic N) is 2. The fraction of sp³-hybridized carbons (Fsp3) is 0.588. The van der Waals surface area contributed by atoms with Crippen molar-refractivity contribution in [1.82, 2.24) is 9.21 Å². The van der Waals surface area contributed by atoms with Gasteiger partial charge in [0.25, 0.3) is 0 Å². The van der Waals surface area contributed by atoms with Crippen molar-refractivity contribution in [1.29, 1.82) is 0 Å². The van der Waals surface area contributed by atoms with E-state index in [-0.39, 0.29) is 21.2 Å². The molecule has 0 atom stereocenters. The molecule has 0 radical (unpaired) electrons. The Labute approximate surface area is 152 Å². The van der Waals surface area contributed by atoms with Crippen LogP contribution in [0.5, 0.6) is 0 Å². The van der Waals surface area contributed by atoms with Gasteiger partial charge in [-0.15, -0.1) is 0 Å². The summed E-state index contributed by atoms with van der Waals surface area (Å²) in [7, 11) is -1.92. The zero-order valence-corrected chi connectivity index (χ0v) is 15.7. The molecule has 2 saturated heterocycles. The Balaban J connectivity index is 1.74. The van der Waals surface area contributed by atoms with Crippen molar-refractivity contribution in [3.8, 4) is 0 Å². The van der Waals surface area contributed by atoms with Gasteiger partial charge in [-0.05, 0) is 49.3 Å². The summed E-state index contributed by atoms with van der Waals surface area (Å²) in [5.74, 6) is -0.404. The maximum atomic E-state index is 13.2. The average molecular weight is 389 g/mol. The molecule has 1 spiro atoms. The lowest BCUT2D eigenvalue weighted by Gasteiger charge is -2.40. The Hall–Kier alpha value is -1.18. The van der Waals surface area contributed by atoms with Crippen molar-refractivity contribution >= 4 is 27.5 Å². The van der Waals surface area contributed by atoms with E-state index in [2.05, 4.69) is 0 Å². The van der Waals surface area contributed by atoms with Gasteiger partial charge in [-0.1, -0.05) is 11.6 Å². The molecule has 8 heteroatoms. The standard InChI is InChI=1S/C17H22ClFN2O3S/c1-20-9-6-17(5-4-16(20)22)7-10-21(11-8-17)25(23,24)15-3-2-13(19)12-14(15)18/h2-3,12H,4-11H2,1H3. The van der Waals surface area contributed by atoms with Gasteiger partial charge >= 0.3 is 0 Å². The molecule has 0 aliphatic carbocycles. The SMILES string of the molecule is CN1CCC2(CCC1=O)CCN(S(=O)(=O)c1ccc(F)cc1Cl)CC2. The Morgan fingerprint density at radius 1 is 1.12 bits per heavy atom. The first-order chi connectivity index (χ1) is 11.7. The summed E-state index contributed by atoms with van der Waals surface area (Å²) < 4.78 is 40.3. The second-order valence-electron chi connectivity index (χ2n) is 7.04. The van der Waals surface area contributed by atoms with Crippen molar-refractivity contribution < 1.29 is 17.6 Å². The minimum absolute atomic E-state index is 0.0268. The number of likely N-dealkylation sites (tertiary alicyclic amines) is 1. The van der Waals surface area contributed by atoms with Gasteiger partial charge in [0.05, 0.1) is 5.02 Å². The maximum absolute atomic E-state index is 13.2. The topological polar surface area (TPSA) is 57.7 Å². The molecule has 2 fully saturated rings. The fourth-order valence-electron chi connectivity index (χ4n) is 3.74. The highest BCUT2D eigenvalue weighted by atomic mass is 35.5. The van der Waals surface area contributed by atoms with Crippen molar-refractivity contribution in [2.45, 2.75) is 37.0 Å². The van der Waals surface area contributed by atoms with Crippen LogP contribution in [-0.4, -0.2) is 50.2 Å². The van der Waals surface area contributed by atoms with Gasteiger partial charge in [0.1, 0.15) is 10.7 Å². The van der Waals surface area contributed by atoms with E-state index in [0.29, 0.717) is 19.5 Å². The minimum Gasteiger partial charge on any atom is -0.346 e. The molecule has 1 aromatic rings. The van der Waals surface area contributed by atoms with Crippen molar-refractivity contribution in [3.05, 3.63) is 29.0 Å². The normalized spacial score (nSPS) is 22.2.